The zero-order valence-electron chi connectivity index (χ0n) is 13.4. The van der Waals surface area contributed by atoms with E-state index < -0.39 is 17.2 Å². The zero-order valence-corrected chi connectivity index (χ0v) is 15.4. The maximum Gasteiger partial charge on any atom is 1.00 e. The Kier molecular flexibility index (Phi) is 11.6. The summed E-state index contributed by atoms with van der Waals surface area (Å²) in [6.45, 7) is 2.16. The summed E-state index contributed by atoms with van der Waals surface area (Å²) in [5, 5.41) is 27.0. The van der Waals surface area contributed by atoms with Gasteiger partial charge in [0.2, 0.25) is 0 Å². The first kappa shape index (κ1) is 24.1. The Balaban J connectivity index is 0. The Morgan fingerprint density at radius 3 is 1.64 bits per heavy atom. The molecule has 2 aliphatic rings. The second-order valence-electron chi connectivity index (χ2n) is 5.71. The number of carbonyl (C=O) groups is 2. The molecule has 124 valence electrons. The van der Waals surface area contributed by atoms with Crippen LogP contribution in [0, 0.1) is 0 Å². The molecule has 2 saturated carbocycles. The van der Waals surface area contributed by atoms with Crippen LogP contribution in [0.25, 0.3) is 0 Å². The summed E-state index contributed by atoms with van der Waals surface area (Å²) >= 11 is 0. The first-order chi connectivity index (χ1) is 9.29. The van der Waals surface area contributed by atoms with Crippen LogP contribution >= 0.6 is 0 Å². The van der Waals surface area contributed by atoms with E-state index in [-0.39, 0.29) is 53.8 Å². The van der Waals surface area contributed by atoms with Crippen molar-refractivity contribution in [2.45, 2.75) is 69.5 Å². The van der Waals surface area contributed by atoms with Crippen molar-refractivity contribution in [2.75, 3.05) is 6.61 Å². The van der Waals surface area contributed by atoms with Gasteiger partial charge in [0.15, 0.2) is 0 Å². The van der Waals surface area contributed by atoms with Gasteiger partial charge in [0, 0.05) is 0 Å². The van der Waals surface area contributed by atoms with E-state index in [4.69, 9.17) is 9.84 Å². The van der Waals surface area contributed by atoms with E-state index in [9.17, 15) is 19.8 Å². The van der Waals surface area contributed by atoms with E-state index >= 15 is 0 Å². The maximum atomic E-state index is 10.9. The van der Waals surface area contributed by atoms with Crippen LogP contribution in [-0.4, -0.2) is 50.5 Å². The number of carboxylic acids is 1. The summed E-state index contributed by atoms with van der Waals surface area (Å²) in [6.07, 6.45) is 4.85. The first-order valence-electron chi connectivity index (χ1n) is 7.11. The minimum atomic E-state index is -0.905. The molecule has 0 heterocycles. The Hall–Kier alpha value is -0.180. The van der Waals surface area contributed by atoms with Crippen LogP contribution < -0.4 is 29.6 Å². The molecule has 22 heavy (non-hydrogen) atoms. The molecule has 0 spiro atoms. The van der Waals surface area contributed by atoms with Crippen molar-refractivity contribution in [3.05, 3.63) is 0 Å². The topological polar surface area (TPSA) is 134 Å². The number of esters is 1. The first-order valence-corrected chi connectivity index (χ1v) is 7.11. The molecular formula is C14H25NaO7. The number of rotatable bonds is 5. The minimum Gasteiger partial charge on any atom is -0.870 e. The average Bonchev–Trinajstić information content (AvgIpc) is 2.25. The molecule has 0 aromatic heterocycles. The minimum absolute atomic E-state index is 0. The molecule has 0 aromatic carbocycles. The van der Waals surface area contributed by atoms with Gasteiger partial charge >= 0.3 is 41.5 Å². The second-order valence-corrected chi connectivity index (χ2v) is 5.71. The fourth-order valence-corrected chi connectivity index (χ4v) is 2.29. The van der Waals surface area contributed by atoms with Gasteiger partial charge in [0.25, 0.3) is 0 Å². The number of ether oxygens (including phenoxy) is 1. The quantitative estimate of drug-likeness (QED) is 0.395. The van der Waals surface area contributed by atoms with E-state index in [0.29, 0.717) is 19.4 Å². The molecule has 0 saturated heterocycles. The van der Waals surface area contributed by atoms with Crippen molar-refractivity contribution in [2.24, 2.45) is 0 Å². The number of carboxylic acid groups (broad SMARTS) is 1. The van der Waals surface area contributed by atoms with Gasteiger partial charge in [-0.3, -0.25) is 9.59 Å². The largest absolute Gasteiger partial charge is 1.00 e. The Morgan fingerprint density at radius 2 is 1.41 bits per heavy atom. The third-order valence-electron chi connectivity index (χ3n) is 3.83. The fraction of sp³-hybridized carbons (Fsp3) is 0.857. The molecule has 0 aromatic rings. The predicted molar refractivity (Wildman–Crippen MR) is 73.0 cm³/mol. The van der Waals surface area contributed by atoms with Crippen LogP contribution in [0.5, 0.6) is 0 Å². The van der Waals surface area contributed by atoms with Crippen molar-refractivity contribution in [3.8, 4) is 0 Å². The van der Waals surface area contributed by atoms with Crippen LogP contribution in [0.15, 0.2) is 0 Å². The van der Waals surface area contributed by atoms with Gasteiger partial charge in [0.1, 0.15) is 0 Å². The summed E-state index contributed by atoms with van der Waals surface area (Å²) in [5.74, 6) is -1.19. The molecular weight excluding hydrogens is 303 g/mol. The third-order valence-corrected chi connectivity index (χ3v) is 3.83. The molecule has 0 atom stereocenters. The smallest absolute Gasteiger partial charge is 0.870 e. The van der Waals surface area contributed by atoms with Crippen LogP contribution in [0.2, 0.25) is 0 Å². The number of aliphatic carboxylic acids is 1. The monoisotopic (exact) mass is 328 g/mol. The van der Waals surface area contributed by atoms with Crippen molar-refractivity contribution in [1.82, 2.24) is 0 Å². The van der Waals surface area contributed by atoms with Crippen LogP contribution in [0.4, 0.5) is 0 Å². The maximum absolute atomic E-state index is 10.9. The molecule has 0 bridgehead atoms. The summed E-state index contributed by atoms with van der Waals surface area (Å²) in [7, 11) is 0. The van der Waals surface area contributed by atoms with Gasteiger partial charge in [-0.25, -0.2) is 0 Å². The van der Waals surface area contributed by atoms with E-state index in [0.717, 1.165) is 25.7 Å². The second kappa shape index (κ2) is 10.6. The van der Waals surface area contributed by atoms with E-state index in [1.807, 2.05) is 0 Å². The molecule has 0 aliphatic heterocycles. The molecule has 4 N–H and O–H groups in total. The molecule has 0 amide bonds. The van der Waals surface area contributed by atoms with E-state index in [1.54, 1.807) is 6.92 Å². The van der Waals surface area contributed by atoms with Gasteiger partial charge in [-0.2, -0.15) is 0 Å². The normalized spacial score (nSPS) is 19.6. The Labute approximate surface area is 152 Å². The Bertz CT molecular complexity index is 351. The summed E-state index contributed by atoms with van der Waals surface area (Å²) in [4.78, 5) is 20.9. The zero-order chi connectivity index (χ0) is 15.2. The van der Waals surface area contributed by atoms with E-state index in [1.165, 1.54) is 0 Å². The summed E-state index contributed by atoms with van der Waals surface area (Å²) < 4.78 is 4.71. The van der Waals surface area contributed by atoms with Gasteiger partial charge in [-0.1, -0.05) is 0 Å². The fourth-order valence-electron chi connectivity index (χ4n) is 2.29. The number of hydrogen-bond donors (Lipinski definition) is 3. The van der Waals surface area contributed by atoms with Crippen molar-refractivity contribution >= 4 is 11.9 Å². The van der Waals surface area contributed by atoms with Crippen molar-refractivity contribution in [1.29, 1.82) is 0 Å². The van der Waals surface area contributed by atoms with Crippen LogP contribution in [0.3, 0.4) is 0 Å². The van der Waals surface area contributed by atoms with Crippen LogP contribution in [0.1, 0.15) is 58.3 Å². The predicted octanol–water partition coefficient (Wildman–Crippen LogP) is -1.94. The van der Waals surface area contributed by atoms with Gasteiger partial charge in [0.05, 0.1) is 30.7 Å². The number of aliphatic hydroxyl groups is 2. The van der Waals surface area contributed by atoms with Gasteiger partial charge in [-0.15, -0.1) is 0 Å². The molecule has 0 unspecified atom stereocenters. The molecule has 2 aliphatic carbocycles. The number of hydrogen-bond acceptors (Lipinski definition) is 6. The SMILES string of the molecule is CCOC(=O)CC1(O)CCC1.O=C(O)CC1(O)CCC1.[Na+].[OH-]. The summed E-state index contributed by atoms with van der Waals surface area (Å²) in [5.41, 5.74) is -1.59. The molecule has 0 radical (unpaired) electrons. The van der Waals surface area contributed by atoms with Gasteiger partial charge < -0.3 is 25.5 Å². The summed E-state index contributed by atoms with van der Waals surface area (Å²) in [6, 6.07) is 0. The third kappa shape index (κ3) is 8.45. The standard InChI is InChI=1S/C8H14O3.C6H10O3.Na.H2O/c1-2-11-7(9)6-8(10)4-3-5-8;7-5(8)4-6(9)2-1-3-6;;/h10H,2-6H2,1H3;9H,1-4H2,(H,7,8);;1H2/q;;+1;/p-1. The van der Waals surface area contributed by atoms with Gasteiger partial charge in [-0.05, 0) is 45.4 Å². The molecule has 2 fully saturated rings. The van der Waals surface area contributed by atoms with Crippen LogP contribution in [-0.2, 0) is 14.3 Å². The molecule has 2 rings (SSSR count). The van der Waals surface area contributed by atoms with Crippen molar-refractivity contribution < 1.29 is 64.7 Å². The average molecular weight is 328 g/mol. The molecule has 8 heteroatoms. The Morgan fingerprint density at radius 1 is 1.00 bits per heavy atom. The number of carbonyl (C=O) groups excluding carboxylic acids is 1. The molecule has 7 nitrogen and oxygen atoms in total. The van der Waals surface area contributed by atoms with E-state index in [2.05, 4.69) is 0 Å². The van der Waals surface area contributed by atoms with Crippen molar-refractivity contribution in [3.63, 3.8) is 0 Å².